The van der Waals surface area contributed by atoms with Gasteiger partial charge in [-0.1, -0.05) is 62.5 Å². The SMILES string of the molecule is C=C/C(=C\C=C(/C)[B]S)N1C(=O)NC2=C(C(=O)NC3CCCCCC3)SC3NC=CC1=C23. The summed E-state index contributed by atoms with van der Waals surface area (Å²) in [6, 6.07) is -0.107. The topological polar surface area (TPSA) is 73.5 Å². The minimum Gasteiger partial charge on any atom is -0.375 e. The summed E-state index contributed by atoms with van der Waals surface area (Å²) in [5.41, 5.74) is 3.88. The molecule has 3 amide bonds. The van der Waals surface area contributed by atoms with Gasteiger partial charge in [0.25, 0.3) is 5.91 Å². The Bertz CT molecular complexity index is 974. The van der Waals surface area contributed by atoms with E-state index >= 15 is 0 Å². The second kappa shape index (κ2) is 10.1. The van der Waals surface area contributed by atoms with Crippen molar-refractivity contribution < 1.29 is 9.59 Å². The maximum atomic E-state index is 13.2. The monoisotopic (exact) mass is 467 g/mol. The average Bonchev–Trinajstić information content (AvgIpc) is 2.97. The Labute approximate surface area is 200 Å². The summed E-state index contributed by atoms with van der Waals surface area (Å²) < 4.78 is 0. The van der Waals surface area contributed by atoms with Crippen molar-refractivity contribution in [3.8, 4) is 0 Å². The molecule has 0 aromatic heterocycles. The number of thiol groups is 1. The highest BCUT2D eigenvalue weighted by Gasteiger charge is 2.43. The van der Waals surface area contributed by atoms with Crippen LogP contribution in [0.25, 0.3) is 0 Å². The van der Waals surface area contributed by atoms with Gasteiger partial charge in [0.15, 0.2) is 0 Å². The van der Waals surface area contributed by atoms with Crippen molar-refractivity contribution in [2.75, 3.05) is 0 Å². The highest BCUT2D eigenvalue weighted by Crippen LogP contribution is 2.45. The standard InChI is InChI=1S/C23H28BN4O2S2/c1-3-16(11-10-14(2)24-31)28-17-12-13-25-22-18(17)19(27-23(28)30)20(32-22)21(29)26-15-8-6-4-5-7-9-15/h3,10-13,15,22,25,31H,1,4-9H2,2H3,(H,26,29)(H,27,30)/b14-10+,16-11+. The fourth-order valence-corrected chi connectivity index (χ4v) is 5.63. The molecule has 3 heterocycles. The second-order valence-corrected chi connectivity index (χ2v) is 9.64. The summed E-state index contributed by atoms with van der Waals surface area (Å²) in [5.74, 6) is -0.101. The van der Waals surface area contributed by atoms with E-state index in [1.807, 2.05) is 31.4 Å². The number of nitrogens with zero attached hydrogens (tertiary/aromatic N) is 1. The van der Waals surface area contributed by atoms with Gasteiger partial charge in [0.2, 0.25) is 6.56 Å². The molecule has 3 N–H and O–H groups in total. The van der Waals surface area contributed by atoms with E-state index in [2.05, 4.69) is 35.0 Å². The molecular formula is C23H28BN4O2S2. The third-order valence-electron chi connectivity index (χ3n) is 6.02. The lowest BCUT2D eigenvalue weighted by Gasteiger charge is -2.35. The Balaban J connectivity index is 1.67. The van der Waals surface area contributed by atoms with Crippen LogP contribution >= 0.6 is 24.2 Å². The Morgan fingerprint density at radius 2 is 2.06 bits per heavy atom. The number of amides is 3. The number of rotatable bonds is 6. The van der Waals surface area contributed by atoms with Crippen LogP contribution in [0.2, 0.25) is 0 Å². The molecule has 6 nitrogen and oxygen atoms in total. The van der Waals surface area contributed by atoms with Crippen LogP contribution in [0.5, 0.6) is 0 Å². The predicted molar refractivity (Wildman–Crippen MR) is 134 cm³/mol. The van der Waals surface area contributed by atoms with Gasteiger partial charge in [-0.25, -0.2) is 17.3 Å². The lowest BCUT2D eigenvalue weighted by molar-refractivity contribution is -0.117. The normalized spacial score (nSPS) is 24.0. The summed E-state index contributed by atoms with van der Waals surface area (Å²) in [4.78, 5) is 28.5. The van der Waals surface area contributed by atoms with Crippen molar-refractivity contribution in [1.29, 1.82) is 0 Å². The number of carbonyl (C=O) groups excluding carboxylic acids is 2. The van der Waals surface area contributed by atoms with Crippen molar-refractivity contribution in [2.24, 2.45) is 0 Å². The average molecular weight is 467 g/mol. The van der Waals surface area contributed by atoms with Crippen LogP contribution < -0.4 is 16.0 Å². The number of dihydropyridines is 1. The van der Waals surface area contributed by atoms with Crippen LogP contribution in [0.15, 0.2) is 70.1 Å². The van der Waals surface area contributed by atoms with Crippen LogP contribution in [0.1, 0.15) is 45.4 Å². The molecule has 32 heavy (non-hydrogen) atoms. The van der Waals surface area contributed by atoms with E-state index in [1.54, 1.807) is 17.5 Å². The third-order valence-corrected chi connectivity index (χ3v) is 7.66. The minimum atomic E-state index is -0.307. The molecule has 1 unspecified atom stereocenters. The summed E-state index contributed by atoms with van der Waals surface area (Å²) in [7, 11) is 0. The zero-order valence-corrected chi connectivity index (χ0v) is 19.9. The fraction of sp³-hybridized carbons (Fsp3) is 0.391. The number of allylic oxidation sites excluding steroid dienone is 5. The highest BCUT2D eigenvalue weighted by molar-refractivity contribution is 8.07. The molecule has 1 radical (unpaired) electrons. The molecule has 4 rings (SSSR count). The first-order chi connectivity index (χ1) is 15.5. The number of urea groups is 1. The summed E-state index contributed by atoms with van der Waals surface area (Å²) >= 11 is 5.62. The smallest absolute Gasteiger partial charge is 0.331 e. The molecule has 4 aliphatic rings. The highest BCUT2D eigenvalue weighted by atomic mass is 32.2. The Kier molecular flexibility index (Phi) is 7.25. The fourth-order valence-electron chi connectivity index (χ4n) is 4.36. The van der Waals surface area contributed by atoms with Gasteiger partial charge in [-0.15, -0.1) is 0 Å². The van der Waals surface area contributed by atoms with Gasteiger partial charge in [0.05, 0.1) is 22.0 Å². The van der Waals surface area contributed by atoms with Crippen LogP contribution in [-0.2, 0) is 4.79 Å². The molecule has 0 spiro atoms. The quantitative estimate of drug-likeness (QED) is 0.206. The Hall–Kier alpha value is -2.26. The molecule has 1 aliphatic carbocycles. The second-order valence-electron chi connectivity index (χ2n) is 8.26. The molecule has 0 aromatic rings. The molecule has 1 fully saturated rings. The van der Waals surface area contributed by atoms with Gasteiger partial charge in [0.1, 0.15) is 5.37 Å². The number of nitrogens with one attached hydrogen (secondary N) is 3. The van der Waals surface area contributed by atoms with Gasteiger partial charge in [0, 0.05) is 11.6 Å². The van der Waals surface area contributed by atoms with Crippen LogP contribution in [0.4, 0.5) is 4.79 Å². The summed E-state index contributed by atoms with van der Waals surface area (Å²) in [6.07, 6.45) is 15.9. The molecule has 0 bridgehead atoms. The van der Waals surface area contributed by atoms with Crippen molar-refractivity contribution in [1.82, 2.24) is 20.9 Å². The van der Waals surface area contributed by atoms with E-state index in [1.165, 1.54) is 24.6 Å². The number of hydrogen-bond donors (Lipinski definition) is 4. The van der Waals surface area contributed by atoms with Crippen LogP contribution in [0, 0.1) is 0 Å². The molecule has 1 saturated carbocycles. The predicted octanol–water partition coefficient (Wildman–Crippen LogP) is 4.03. The molecule has 0 aromatic carbocycles. The lowest BCUT2D eigenvalue weighted by atomic mass is 9.95. The molecule has 3 aliphatic heterocycles. The minimum absolute atomic E-state index is 0.101. The van der Waals surface area contributed by atoms with E-state index in [0.717, 1.165) is 42.4 Å². The zero-order valence-electron chi connectivity index (χ0n) is 18.2. The van der Waals surface area contributed by atoms with E-state index in [9.17, 15) is 9.59 Å². The summed E-state index contributed by atoms with van der Waals surface area (Å²) in [5, 5.41) is 9.37. The Morgan fingerprint density at radius 3 is 2.75 bits per heavy atom. The third kappa shape index (κ3) is 4.59. The Morgan fingerprint density at radius 1 is 1.31 bits per heavy atom. The van der Waals surface area contributed by atoms with Gasteiger partial charge in [-0.05, 0) is 37.3 Å². The van der Waals surface area contributed by atoms with Gasteiger partial charge in [-0.3, -0.25) is 9.69 Å². The number of hydrogen-bond acceptors (Lipinski definition) is 5. The first-order valence-electron chi connectivity index (χ1n) is 11.0. The van der Waals surface area contributed by atoms with E-state index in [0.29, 0.717) is 16.3 Å². The maximum Gasteiger partial charge on any atom is 0.331 e. The molecular weight excluding hydrogens is 439 g/mol. The first-order valence-corrected chi connectivity index (χ1v) is 12.4. The molecule has 167 valence electrons. The van der Waals surface area contributed by atoms with E-state index < -0.39 is 0 Å². The molecule has 0 saturated heterocycles. The van der Waals surface area contributed by atoms with Gasteiger partial charge < -0.3 is 16.0 Å². The van der Waals surface area contributed by atoms with Crippen LogP contribution in [-0.4, -0.2) is 34.8 Å². The lowest BCUT2D eigenvalue weighted by Crippen LogP contribution is -2.46. The van der Waals surface area contributed by atoms with Crippen LogP contribution in [0.3, 0.4) is 0 Å². The largest absolute Gasteiger partial charge is 0.375 e. The van der Waals surface area contributed by atoms with Crippen molar-refractivity contribution in [3.63, 3.8) is 0 Å². The molecule has 1 atom stereocenters. The van der Waals surface area contributed by atoms with E-state index in [-0.39, 0.29) is 23.4 Å². The van der Waals surface area contributed by atoms with Crippen molar-refractivity contribution in [2.45, 2.75) is 56.9 Å². The first kappa shape index (κ1) is 22.9. The van der Waals surface area contributed by atoms with Crippen molar-refractivity contribution in [3.05, 3.63) is 70.1 Å². The zero-order chi connectivity index (χ0) is 22.7. The van der Waals surface area contributed by atoms with Crippen molar-refractivity contribution >= 4 is 42.7 Å². The number of carbonyl (C=O) groups is 2. The molecule has 9 heteroatoms. The maximum absolute atomic E-state index is 13.2. The number of thioether (sulfide) groups is 1. The van der Waals surface area contributed by atoms with Gasteiger partial charge in [-0.2, -0.15) is 0 Å². The van der Waals surface area contributed by atoms with E-state index in [4.69, 9.17) is 0 Å². The van der Waals surface area contributed by atoms with Gasteiger partial charge >= 0.3 is 6.03 Å². The summed E-state index contributed by atoms with van der Waals surface area (Å²) in [6.45, 7) is 7.51.